The normalized spacial score (nSPS) is 28.7. The summed E-state index contributed by atoms with van der Waals surface area (Å²) in [6.07, 6.45) is 5.67. The zero-order valence-electron chi connectivity index (χ0n) is 25.3. The van der Waals surface area contributed by atoms with Crippen LogP contribution >= 0.6 is 0 Å². The predicted octanol–water partition coefficient (Wildman–Crippen LogP) is 2.60. The third-order valence-electron chi connectivity index (χ3n) is 8.88. The molecule has 8 atom stereocenters. The fourth-order valence-electron chi connectivity index (χ4n) is 6.87. The summed E-state index contributed by atoms with van der Waals surface area (Å²) in [6, 6.07) is -1.68. The van der Waals surface area contributed by atoms with Gasteiger partial charge in [-0.25, -0.2) is 0 Å². The fourth-order valence-corrected chi connectivity index (χ4v) is 6.87. The molecule has 3 aliphatic rings. The number of fused-ring (bicyclic) bond motifs is 1. The summed E-state index contributed by atoms with van der Waals surface area (Å²) in [4.78, 5) is 57.5. The molecule has 0 aromatic carbocycles. The van der Waals surface area contributed by atoms with Crippen LogP contribution in [0.2, 0.25) is 0 Å². The Hall–Kier alpha value is -2.72. The first-order valence-electron chi connectivity index (χ1n) is 15.1. The number of likely N-dealkylation sites (tertiary alicyclic amines) is 1. The van der Waals surface area contributed by atoms with Gasteiger partial charge >= 0.3 is 5.97 Å². The van der Waals surface area contributed by atoms with Crippen LogP contribution in [0.1, 0.15) is 73.1 Å². The number of rotatable bonds is 16. The molecular weight excluding hydrogens is 526 g/mol. The van der Waals surface area contributed by atoms with Gasteiger partial charge in [-0.2, -0.15) is 0 Å². The van der Waals surface area contributed by atoms with E-state index in [9.17, 15) is 24.3 Å². The molecule has 3 saturated heterocycles. The molecule has 1 spiro atoms. The van der Waals surface area contributed by atoms with E-state index < -0.39 is 47.7 Å². The lowest BCUT2D eigenvalue weighted by atomic mass is 9.70. The highest BCUT2D eigenvalue weighted by molar-refractivity contribution is 5.98. The Bertz CT molecular complexity index is 1000. The van der Waals surface area contributed by atoms with E-state index in [0.717, 1.165) is 12.8 Å². The third kappa shape index (κ3) is 6.38. The standard InChI is InChI=1S/C31H49N3O7/c1-8-11-13-24(36)32-17-21(7)40-30(39)25-23-14-15-31(41-23)26(25)28(37)34(22(18-35)19(4)5)27(31)29(38)33(16-10-3)20(6)12-9-2/h8,10,19-23,25-27,35H,1,3,9,11-18H2,2,4-7H3,(H,32,36)/t20?,21-,22-,23-,25+,26+,27-,31+/m0/s1. The van der Waals surface area contributed by atoms with Crippen molar-refractivity contribution in [2.45, 2.75) is 109 Å². The molecular formula is C31H49N3O7. The summed E-state index contributed by atoms with van der Waals surface area (Å²) >= 11 is 0. The van der Waals surface area contributed by atoms with Crippen LogP contribution in [0.15, 0.2) is 25.3 Å². The van der Waals surface area contributed by atoms with Crippen molar-refractivity contribution >= 4 is 23.7 Å². The lowest BCUT2D eigenvalue weighted by Crippen LogP contribution is -2.60. The molecule has 1 unspecified atom stereocenters. The van der Waals surface area contributed by atoms with Crippen LogP contribution in [-0.2, 0) is 28.7 Å². The van der Waals surface area contributed by atoms with Crippen LogP contribution in [0.5, 0.6) is 0 Å². The summed E-state index contributed by atoms with van der Waals surface area (Å²) in [5.74, 6) is -3.23. The molecule has 0 saturated carbocycles. The summed E-state index contributed by atoms with van der Waals surface area (Å²) in [6.45, 7) is 17.1. The van der Waals surface area contributed by atoms with Gasteiger partial charge in [0.2, 0.25) is 17.7 Å². The van der Waals surface area contributed by atoms with Gasteiger partial charge in [-0.3, -0.25) is 19.2 Å². The Morgan fingerprint density at radius 1 is 1.24 bits per heavy atom. The molecule has 41 heavy (non-hydrogen) atoms. The molecule has 2 bridgehead atoms. The minimum atomic E-state index is -1.18. The lowest BCUT2D eigenvalue weighted by Gasteiger charge is -2.41. The van der Waals surface area contributed by atoms with Crippen molar-refractivity contribution in [1.82, 2.24) is 15.1 Å². The molecule has 10 nitrogen and oxygen atoms in total. The van der Waals surface area contributed by atoms with Crippen molar-refractivity contribution in [3.63, 3.8) is 0 Å². The zero-order chi connectivity index (χ0) is 30.5. The van der Waals surface area contributed by atoms with Gasteiger partial charge in [0.05, 0.1) is 37.1 Å². The number of nitrogens with zero attached hydrogens (tertiary/aromatic N) is 2. The summed E-state index contributed by atoms with van der Waals surface area (Å²) in [7, 11) is 0. The van der Waals surface area contributed by atoms with Crippen molar-refractivity contribution in [2.75, 3.05) is 19.7 Å². The van der Waals surface area contributed by atoms with Gasteiger partial charge in [0.15, 0.2) is 0 Å². The molecule has 3 amide bonds. The lowest BCUT2D eigenvalue weighted by molar-refractivity contribution is -0.160. The van der Waals surface area contributed by atoms with Crippen LogP contribution in [0, 0.1) is 17.8 Å². The molecule has 0 radical (unpaired) electrons. The highest BCUT2D eigenvalue weighted by Crippen LogP contribution is 2.59. The van der Waals surface area contributed by atoms with Gasteiger partial charge in [0.25, 0.3) is 0 Å². The Morgan fingerprint density at radius 3 is 2.54 bits per heavy atom. The van der Waals surface area contributed by atoms with E-state index in [2.05, 4.69) is 25.4 Å². The second-order valence-corrected chi connectivity index (χ2v) is 12.1. The molecule has 2 N–H and O–H groups in total. The maximum absolute atomic E-state index is 14.4. The van der Waals surface area contributed by atoms with E-state index >= 15 is 0 Å². The maximum Gasteiger partial charge on any atom is 0.312 e. The van der Waals surface area contributed by atoms with Crippen molar-refractivity contribution in [3.05, 3.63) is 25.3 Å². The first kappa shape index (κ1) is 32.8. The van der Waals surface area contributed by atoms with Gasteiger partial charge in [0, 0.05) is 19.0 Å². The summed E-state index contributed by atoms with van der Waals surface area (Å²) in [5, 5.41) is 13.1. The van der Waals surface area contributed by atoms with E-state index in [4.69, 9.17) is 9.47 Å². The molecule has 0 aromatic rings. The number of hydrogen-bond donors (Lipinski definition) is 2. The molecule has 230 valence electrons. The topological polar surface area (TPSA) is 125 Å². The second-order valence-electron chi connectivity index (χ2n) is 12.1. The molecule has 0 aromatic heterocycles. The molecule has 3 rings (SSSR count). The third-order valence-corrected chi connectivity index (χ3v) is 8.88. The second kappa shape index (κ2) is 14.0. The van der Waals surface area contributed by atoms with Crippen molar-refractivity contribution in [2.24, 2.45) is 17.8 Å². The van der Waals surface area contributed by atoms with Crippen molar-refractivity contribution in [3.8, 4) is 0 Å². The van der Waals surface area contributed by atoms with Crippen LogP contribution < -0.4 is 5.32 Å². The number of allylic oxidation sites excluding steroid dienone is 1. The summed E-state index contributed by atoms with van der Waals surface area (Å²) in [5.41, 5.74) is -1.18. The first-order valence-corrected chi connectivity index (χ1v) is 15.1. The van der Waals surface area contributed by atoms with Crippen molar-refractivity contribution in [1.29, 1.82) is 0 Å². The number of esters is 1. The van der Waals surface area contributed by atoms with Gasteiger partial charge in [-0.15, -0.1) is 13.2 Å². The molecule has 3 fully saturated rings. The zero-order valence-corrected chi connectivity index (χ0v) is 25.3. The van der Waals surface area contributed by atoms with Gasteiger partial charge in [-0.05, 0) is 45.4 Å². The number of carbonyl (C=O) groups is 4. The van der Waals surface area contributed by atoms with Gasteiger partial charge in [-0.1, -0.05) is 39.3 Å². The average molecular weight is 576 g/mol. The largest absolute Gasteiger partial charge is 0.460 e. The number of carbonyl (C=O) groups excluding carboxylic acids is 4. The van der Waals surface area contributed by atoms with Gasteiger partial charge < -0.3 is 29.7 Å². The fraction of sp³-hybridized carbons (Fsp3) is 0.742. The number of aliphatic hydroxyl groups excluding tert-OH is 1. The van der Waals surface area contributed by atoms with E-state index in [1.165, 1.54) is 4.90 Å². The van der Waals surface area contributed by atoms with Crippen LogP contribution in [0.3, 0.4) is 0 Å². The number of aliphatic hydroxyl groups is 1. The Labute approximate surface area is 244 Å². The van der Waals surface area contributed by atoms with E-state index in [0.29, 0.717) is 32.2 Å². The Morgan fingerprint density at radius 2 is 1.95 bits per heavy atom. The Kier molecular flexibility index (Phi) is 11.2. The van der Waals surface area contributed by atoms with E-state index in [-0.39, 0.29) is 42.8 Å². The Balaban J connectivity index is 1.92. The average Bonchev–Trinajstić information content (AvgIpc) is 3.57. The van der Waals surface area contributed by atoms with Crippen LogP contribution in [-0.4, -0.2) is 94.2 Å². The number of ether oxygens (including phenoxy) is 2. The molecule has 3 heterocycles. The van der Waals surface area contributed by atoms with E-state index in [1.54, 1.807) is 24.0 Å². The SMILES string of the molecule is C=CCCC(=O)NC[C@H](C)OC(=O)[C@@H]1[C@@H]2CC[C@]3(O2)[C@H](C(=O)N(CC=C)C(C)CCC)N([C@@H](CO)C(C)C)C(=O)[C@@H]13. The first-order chi connectivity index (χ1) is 19.5. The molecule has 0 aliphatic carbocycles. The van der Waals surface area contributed by atoms with Crippen LogP contribution in [0.4, 0.5) is 0 Å². The van der Waals surface area contributed by atoms with Gasteiger partial charge in [0.1, 0.15) is 17.7 Å². The van der Waals surface area contributed by atoms with Crippen LogP contribution in [0.25, 0.3) is 0 Å². The van der Waals surface area contributed by atoms with E-state index in [1.807, 2.05) is 20.8 Å². The monoisotopic (exact) mass is 575 g/mol. The number of hydrogen-bond acceptors (Lipinski definition) is 7. The quantitative estimate of drug-likeness (QED) is 0.214. The van der Waals surface area contributed by atoms with Crippen molar-refractivity contribution < 1.29 is 33.8 Å². The molecule has 10 heteroatoms. The highest BCUT2D eigenvalue weighted by atomic mass is 16.6. The minimum absolute atomic E-state index is 0.0913. The summed E-state index contributed by atoms with van der Waals surface area (Å²) < 4.78 is 12.3. The number of nitrogens with one attached hydrogen (secondary N) is 1. The minimum Gasteiger partial charge on any atom is -0.460 e. The predicted molar refractivity (Wildman–Crippen MR) is 154 cm³/mol. The molecule has 3 aliphatic heterocycles. The maximum atomic E-state index is 14.4. The highest BCUT2D eigenvalue weighted by Gasteiger charge is 2.75. The smallest absolute Gasteiger partial charge is 0.312 e. The number of amides is 3.